The van der Waals surface area contributed by atoms with Crippen molar-refractivity contribution in [3.8, 4) is 5.75 Å². The lowest BCUT2D eigenvalue weighted by Gasteiger charge is -2.48. The number of hydrogen-bond donors (Lipinski definition) is 2. The first-order chi connectivity index (χ1) is 17.6. The molecule has 9 heteroatoms. The smallest absolute Gasteiger partial charge is 0.224 e. The van der Waals surface area contributed by atoms with Crippen molar-refractivity contribution >= 4 is 68.5 Å². The van der Waals surface area contributed by atoms with Crippen molar-refractivity contribution in [2.45, 2.75) is 51.3 Å². The van der Waals surface area contributed by atoms with Crippen molar-refractivity contribution in [3.63, 3.8) is 0 Å². The van der Waals surface area contributed by atoms with Gasteiger partial charge in [0.25, 0.3) is 0 Å². The molecule has 218 valence electrons. The molecule has 0 aromatic heterocycles. The molecule has 1 saturated heterocycles. The largest absolute Gasteiger partial charge is 0.490 e. The third-order valence-electron chi connectivity index (χ3n) is 7.74. The van der Waals surface area contributed by atoms with Crippen LogP contribution >= 0.6 is 40.5 Å². The van der Waals surface area contributed by atoms with Gasteiger partial charge < -0.3 is 20.1 Å². The first-order valence-corrected chi connectivity index (χ1v) is 13.0. The number of carbonyl (C=O) groups excluding carboxylic acids is 1. The molecule has 0 spiro atoms. The summed E-state index contributed by atoms with van der Waals surface area (Å²) in [6, 6.07) is 21.7. The summed E-state index contributed by atoms with van der Waals surface area (Å²) >= 11 is 0. The van der Waals surface area contributed by atoms with E-state index in [-0.39, 0.29) is 60.4 Å². The molecule has 4 heterocycles. The first-order valence-electron chi connectivity index (χ1n) is 13.0. The summed E-state index contributed by atoms with van der Waals surface area (Å²) in [5, 5.41) is 16.4. The third-order valence-corrected chi connectivity index (χ3v) is 7.74. The van der Waals surface area contributed by atoms with E-state index < -0.39 is 6.10 Å². The predicted molar refractivity (Wildman–Crippen MR) is 182 cm³/mol. The van der Waals surface area contributed by atoms with E-state index in [0.29, 0.717) is 31.5 Å². The lowest BCUT2D eigenvalue weighted by molar-refractivity contribution is -0.116. The van der Waals surface area contributed by atoms with E-state index in [9.17, 15) is 9.90 Å². The number of fused-ring (bicyclic) bond motifs is 6. The predicted octanol–water partition coefficient (Wildman–Crippen LogP) is 5.35. The number of hydrogen-bond acceptors (Lipinski definition) is 5. The third kappa shape index (κ3) is 7.31. The number of nitrogens with zero attached hydrogens (tertiary/aromatic N) is 2. The van der Waals surface area contributed by atoms with Gasteiger partial charge in [0.15, 0.2) is 0 Å². The summed E-state index contributed by atoms with van der Waals surface area (Å²) in [5.74, 6) is 0.796. The van der Waals surface area contributed by atoms with Gasteiger partial charge in [-0.15, -0.1) is 0 Å². The molecule has 2 bridgehead atoms. The minimum absolute atomic E-state index is 0. The van der Waals surface area contributed by atoms with Gasteiger partial charge in [-0.3, -0.25) is 9.69 Å². The Bertz CT molecular complexity index is 1310. The number of anilines is 2. The number of aliphatic hydroxyl groups is 1. The van der Waals surface area contributed by atoms with Crippen LogP contribution in [0.5, 0.6) is 5.75 Å². The highest BCUT2D eigenvalue weighted by molar-refractivity contribution is 7.59. The monoisotopic (exact) mass is 601 g/mol. The van der Waals surface area contributed by atoms with Crippen LogP contribution < -0.4 is 15.0 Å². The summed E-state index contributed by atoms with van der Waals surface area (Å²) in [7, 11) is 0. The molecule has 3 atom stereocenters. The Kier molecular flexibility index (Phi) is 12.8. The fraction of sp³-hybridized carbons (Fsp3) is 0.387. The molecule has 6 nitrogen and oxygen atoms in total. The SMILES string of the molecule is C.O=C1CCc2c(cccc2OC[C@@H](O)CN2C[C@@H]3C/C=C\C[C@H]2CN3c2ccc3ccccc3c2)N1.S.S.S. The molecule has 7 rings (SSSR count). The summed E-state index contributed by atoms with van der Waals surface area (Å²) in [6.07, 6.45) is 7.15. The molecular weight excluding hydrogens is 559 g/mol. The number of ether oxygens (including phenoxy) is 1. The highest BCUT2D eigenvalue weighted by Crippen LogP contribution is 2.32. The van der Waals surface area contributed by atoms with Crippen LogP contribution in [0.3, 0.4) is 0 Å². The fourth-order valence-corrected chi connectivity index (χ4v) is 5.87. The van der Waals surface area contributed by atoms with E-state index in [0.717, 1.165) is 42.9 Å². The molecular formula is C31H43N3O3S3. The Labute approximate surface area is 259 Å². The summed E-state index contributed by atoms with van der Waals surface area (Å²) in [6.45, 7) is 2.70. The van der Waals surface area contributed by atoms with Crippen molar-refractivity contribution in [1.82, 2.24) is 4.90 Å². The van der Waals surface area contributed by atoms with Crippen LogP contribution in [0.2, 0.25) is 0 Å². The van der Waals surface area contributed by atoms with Gasteiger partial charge in [-0.25, -0.2) is 0 Å². The average molecular weight is 602 g/mol. The van der Waals surface area contributed by atoms with Gasteiger partial charge in [-0.1, -0.05) is 56.0 Å². The van der Waals surface area contributed by atoms with Crippen molar-refractivity contribution in [2.75, 3.05) is 36.5 Å². The highest BCUT2D eigenvalue weighted by atomic mass is 32.1. The maximum absolute atomic E-state index is 11.7. The van der Waals surface area contributed by atoms with Crippen LogP contribution in [-0.4, -0.2) is 60.3 Å². The molecule has 1 fully saturated rings. The number of amides is 1. The minimum atomic E-state index is -0.585. The van der Waals surface area contributed by atoms with E-state index in [4.69, 9.17) is 4.74 Å². The summed E-state index contributed by atoms with van der Waals surface area (Å²) in [5.41, 5.74) is 3.12. The van der Waals surface area contributed by atoms with Gasteiger partial charge in [0, 0.05) is 55.1 Å². The lowest BCUT2D eigenvalue weighted by atomic mass is 9.96. The average Bonchev–Trinajstić information content (AvgIpc) is 2.87. The topological polar surface area (TPSA) is 65.0 Å². The summed E-state index contributed by atoms with van der Waals surface area (Å²) in [4.78, 5) is 16.7. The molecule has 0 aliphatic carbocycles. The number of benzene rings is 3. The Morgan fingerprint density at radius 3 is 2.45 bits per heavy atom. The number of nitrogens with one attached hydrogen (secondary N) is 1. The molecule has 0 unspecified atom stereocenters. The van der Waals surface area contributed by atoms with Crippen LogP contribution in [-0.2, 0) is 11.2 Å². The maximum atomic E-state index is 11.7. The Morgan fingerprint density at radius 2 is 1.65 bits per heavy atom. The Hall–Kier alpha value is -2.30. The van der Waals surface area contributed by atoms with Gasteiger partial charge in [0.2, 0.25) is 5.91 Å². The van der Waals surface area contributed by atoms with E-state index >= 15 is 0 Å². The molecule has 4 aliphatic heterocycles. The second kappa shape index (κ2) is 15.1. The zero-order chi connectivity index (χ0) is 24.5. The number of piperazine rings is 1. The molecule has 0 radical (unpaired) electrons. The van der Waals surface area contributed by atoms with Gasteiger partial charge in [-0.2, -0.15) is 40.5 Å². The normalized spacial score (nSPS) is 21.1. The van der Waals surface area contributed by atoms with E-state index in [1.54, 1.807) is 0 Å². The van der Waals surface area contributed by atoms with Gasteiger partial charge in [-0.05, 0) is 54.3 Å². The van der Waals surface area contributed by atoms with Crippen LogP contribution in [0.1, 0.15) is 32.3 Å². The molecule has 3 aromatic carbocycles. The number of rotatable bonds is 6. The second-order valence-corrected chi connectivity index (χ2v) is 10.2. The molecule has 2 N–H and O–H groups in total. The van der Waals surface area contributed by atoms with Crippen LogP contribution in [0.4, 0.5) is 11.4 Å². The summed E-state index contributed by atoms with van der Waals surface area (Å²) < 4.78 is 6.06. The highest BCUT2D eigenvalue weighted by Gasteiger charge is 2.35. The van der Waals surface area contributed by atoms with E-state index in [2.05, 4.69) is 69.7 Å². The zero-order valence-electron chi connectivity index (χ0n) is 22.0. The van der Waals surface area contributed by atoms with Crippen molar-refractivity contribution < 1.29 is 14.6 Å². The molecule has 1 amide bonds. The fourth-order valence-electron chi connectivity index (χ4n) is 5.87. The van der Waals surface area contributed by atoms with Crippen LogP contribution in [0.25, 0.3) is 10.8 Å². The van der Waals surface area contributed by atoms with Crippen molar-refractivity contribution in [2.24, 2.45) is 0 Å². The standard InChI is InChI=1S/C30H33N3O3.CH4.3H2S/c34-26(20-36-29-11-5-10-28-27(29)14-15-30(35)31-28)19-32-17-25-9-4-3-8-24(32)18-33(25)23-13-12-21-6-1-2-7-22(21)16-23;;;;/h1-7,10-13,16,24-26,34H,8-9,14-15,17-20H2,(H,31,35);1H4;3*1H2/b4-3-;;;;/t24-,25-,26-;;;;/m0..../s1. The zero-order valence-corrected chi connectivity index (χ0v) is 25.0. The Balaban J connectivity index is 0.00000140. The van der Waals surface area contributed by atoms with Crippen LogP contribution in [0, 0.1) is 0 Å². The van der Waals surface area contributed by atoms with E-state index in [1.165, 1.54) is 16.5 Å². The van der Waals surface area contributed by atoms with Crippen molar-refractivity contribution in [3.05, 3.63) is 78.4 Å². The van der Waals surface area contributed by atoms with Gasteiger partial charge in [0.1, 0.15) is 18.5 Å². The molecule has 40 heavy (non-hydrogen) atoms. The van der Waals surface area contributed by atoms with Crippen molar-refractivity contribution in [1.29, 1.82) is 0 Å². The van der Waals surface area contributed by atoms with Gasteiger partial charge >= 0.3 is 0 Å². The quantitative estimate of drug-likeness (QED) is 0.373. The maximum Gasteiger partial charge on any atom is 0.224 e. The van der Waals surface area contributed by atoms with E-state index in [1.807, 2.05) is 18.2 Å². The second-order valence-electron chi connectivity index (χ2n) is 10.2. The lowest BCUT2D eigenvalue weighted by Crippen LogP contribution is -2.60. The van der Waals surface area contributed by atoms with Crippen LogP contribution in [0.15, 0.2) is 72.8 Å². The Morgan fingerprint density at radius 1 is 0.900 bits per heavy atom. The molecule has 4 aliphatic rings. The molecule has 0 saturated carbocycles. The molecule has 3 aromatic rings. The number of carbonyl (C=O) groups is 1. The number of aliphatic hydroxyl groups excluding tert-OH is 1. The first kappa shape index (κ1) is 33.9. The minimum Gasteiger partial charge on any atom is -0.490 e. The van der Waals surface area contributed by atoms with Gasteiger partial charge in [0.05, 0.1) is 0 Å².